The van der Waals surface area contributed by atoms with Gasteiger partial charge in [0, 0.05) is 55.7 Å². The zero-order valence-corrected chi connectivity index (χ0v) is 21.9. The van der Waals surface area contributed by atoms with Crippen LogP contribution >= 0.6 is 0 Å². The molecular formula is C24H40N2O4S2. The molecule has 6 nitrogen and oxygen atoms in total. The largest absolute Gasteiger partial charge is 0.364 e. The van der Waals surface area contributed by atoms with Gasteiger partial charge in [-0.3, -0.25) is 8.42 Å². The van der Waals surface area contributed by atoms with Gasteiger partial charge >= 0.3 is 0 Å². The maximum absolute atomic E-state index is 12.4. The first-order valence-corrected chi connectivity index (χ1v) is 14.5. The third-order valence-electron chi connectivity index (χ3n) is 6.45. The minimum absolute atomic E-state index is 0.0964. The van der Waals surface area contributed by atoms with Crippen LogP contribution in [0.1, 0.15) is 83.8 Å². The van der Waals surface area contributed by atoms with Gasteiger partial charge in [-0.1, -0.05) is 44.9 Å². The Kier molecular flexibility index (Phi) is 10.8. The van der Waals surface area contributed by atoms with Crippen LogP contribution in [0.5, 0.6) is 0 Å². The van der Waals surface area contributed by atoms with Crippen LogP contribution in [0.2, 0.25) is 0 Å². The van der Waals surface area contributed by atoms with Gasteiger partial charge in [0.2, 0.25) is 0 Å². The molecule has 0 N–H and O–H groups in total. The number of nitrogens with zero attached hydrogens (tertiary/aromatic N) is 2. The Balaban J connectivity index is 1.56. The molecule has 0 fully saturated rings. The predicted octanol–water partition coefficient (Wildman–Crippen LogP) is 5.51. The first kappa shape index (κ1) is 27.0. The van der Waals surface area contributed by atoms with Gasteiger partial charge in [0.25, 0.3) is 0 Å². The van der Waals surface area contributed by atoms with Crippen LogP contribution in [-0.2, 0) is 28.0 Å². The quantitative estimate of drug-likeness (QED) is 0.312. The smallest absolute Gasteiger partial charge is 0.127 e. The molecule has 0 amide bonds. The van der Waals surface area contributed by atoms with Crippen LogP contribution in [0.25, 0.3) is 0 Å². The Bertz CT molecular complexity index is 817. The van der Waals surface area contributed by atoms with E-state index in [9.17, 15) is 8.42 Å². The molecule has 0 radical (unpaired) electrons. The number of hydrogen-bond acceptors (Lipinski definition) is 6. The summed E-state index contributed by atoms with van der Waals surface area (Å²) >= 11 is 0. The fourth-order valence-electron chi connectivity index (χ4n) is 4.04. The average molecular weight is 485 g/mol. The monoisotopic (exact) mass is 484 g/mol. The Hall–Kier alpha value is -1.28. The molecular weight excluding hydrogens is 444 g/mol. The molecule has 0 aliphatic rings. The molecule has 3 atom stereocenters. The molecule has 0 saturated heterocycles. The van der Waals surface area contributed by atoms with Gasteiger partial charge in [-0.05, 0) is 55.3 Å². The minimum Gasteiger partial charge on any atom is -0.364 e. The van der Waals surface area contributed by atoms with E-state index in [0.717, 1.165) is 49.7 Å². The summed E-state index contributed by atoms with van der Waals surface area (Å²) in [6.07, 6.45) is 12.5. The second-order valence-electron chi connectivity index (χ2n) is 10.3. The molecule has 32 heavy (non-hydrogen) atoms. The van der Waals surface area contributed by atoms with Crippen molar-refractivity contribution in [2.75, 3.05) is 23.0 Å². The molecule has 0 bridgehead atoms. The van der Waals surface area contributed by atoms with Gasteiger partial charge in [-0.25, -0.2) is 0 Å². The van der Waals surface area contributed by atoms with Crippen molar-refractivity contribution in [3.05, 3.63) is 36.0 Å². The summed E-state index contributed by atoms with van der Waals surface area (Å²) in [7, 11) is -1.67. The van der Waals surface area contributed by atoms with Crippen molar-refractivity contribution >= 4 is 21.6 Å². The highest BCUT2D eigenvalue weighted by Gasteiger charge is 2.28. The van der Waals surface area contributed by atoms with Crippen molar-refractivity contribution in [2.24, 2.45) is 10.8 Å². The molecule has 0 spiro atoms. The molecule has 2 rings (SSSR count). The highest BCUT2D eigenvalue weighted by Crippen LogP contribution is 2.38. The Morgan fingerprint density at radius 1 is 0.844 bits per heavy atom. The van der Waals surface area contributed by atoms with Crippen molar-refractivity contribution in [3.8, 4) is 0 Å². The molecule has 0 aromatic carbocycles. The van der Waals surface area contributed by atoms with Crippen LogP contribution < -0.4 is 0 Å². The summed E-state index contributed by atoms with van der Waals surface area (Å²) in [6, 6.07) is 0. The minimum atomic E-state index is -0.840. The van der Waals surface area contributed by atoms with Crippen molar-refractivity contribution < 1.29 is 17.5 Å². The first-order chi connectivity index (χ1) is 15.1. The van der Waals surface area contributed by atoms with E-state index in [4.69, 9.17) is 9.05 Å². The zero-order chi connectivity index (χ0) is 23.6. The second-order valence-corrected chi connectivity index (χ2v) is 13.7. The fourth-order valence-corrected chi connectivity index (χ4v) is 6.49. The fraction of sp³-hybridized carbons (Fsp3) is 0.750. The normalized spacial score (nSPS) is 15.5. The number of rotatable bonds is 16. The van der Waals surface area contributed by atoms with Gasteiger partial charge in [-0.15, -0.1) is 0 Å². The highest BCUT2D eigenvalue weighted by molar-refractivity contribution is 7.85. The second kappa shape index (κ2) is 12.8. The first-order valence-electron chi connectivity index (χ1n) is 11.6. The van der Waals surface area contributed by atoms with E-state index in [1.165, 1.54) is 0 Å². The van der Waals surface area contributed by atoms with E-state index in [0.29, 0.717) is 28.9 Å². The standard InChI is InChI=1S/C24H40N2O4S2/c1-20(22-17-26-30-19-22)24(4,5)10-7-12-32(28)14-8-13-31(27)11-6-9-23(2,3)15-21-16-25-29-18-21/h16-20H,6-15H2,1-5H3. The van der Waals surface area contributed by atoms with Gasteiger partial charge < -0.3 is 9.05 Å². The van der Waals surface area contributed by atoms with Crippen molar-refractivity contribution in [1.29, 1.82) is 0 Å². The van der Waals surface area contributed by atoms with Crippen LogP contribution in [0.3, 0.4) is 0 Å². The molecule has 182 valence electrons. The Morgan fingerprint density at radius 2 is 1.41 bits per heavy atom. The van der Waals surface area contributed by atoms with Crippen LogP contribution in [-0.4, -0.2) is 41.7 Å². The molecule has 2 aromatic rings. The summed E-state index contributed by atoms with van der Waals surface area (Å²) in [5.41, 5.74) is 2.45. The lowest BCUT2D eigenvalue weighted by Gasteiger charge is -2.31. The average Bonchev–Trinajstić information content (AvgIpc) is 3.40. The zero-order valence-electron chi connectivity index (χ0n) is 20.3. The summed E-state index contributed by atoms with van der Waals surface area (Å²) < 4.78 is 34.6. The Morgan fingerprint density at radius 3 is 1.97 bits per heavy atom. The third-order valence-corrected chi connectivity index (χ3v) is 9.43. The third kappa shape index (κ3) is 9.69. The molecule has 8 heteroatoms. The van der Waals surface area contributed by atoms with Crippen molar-refractivity contribution in [1.82, 2.24) is 10.3 Å². The number of aromatic nitrogens is 2. The van der Waals surface area contributed by atoms with Gasteiger partial charge in [0.05, 0.1) is 12.4 Å². The SMILES string of the molecule is CC(c1cnoc1)C(C)(C)CCCS(=O)CCCS(=O)CCCC(C)(C)Cc1cnoc1. The highest BCUT2D eigenvalue weighted by atomic mass is 32.2. The lowest BCUT2D eigenvalue weighted by atomic mass is 9.74. The van der Waals surface area contributed by atoms with E-state index in [-0.39, 0.29) is 10.8 Å². The van der Waals surface area contributed by atoms with Gasteiger partial charge in [0.1, 0.15) is 12.5 Å². The summed E-state index contributed by atoms with van der Waals surface area (Å²) in [5, 5.41) is 7.56. The maximum Gasteiger partial charge on any atom is 0.127 e. The van der Waals surface area contributed by atoms with E-state index in [1.54, 1.807) is 24.9 Å². The summed E-state index contributed by atoms with van der Waals surface area (Å²) in [5.74, 6) is 3.06. The molecule has 2 heterocycles. The van der Waals surface area contributed by atoms with Crippen LogP contribution in [0, 0.1) is 10.8 Å². The Labute approximate surface area is 198 Å². The topological polar surface area (TPSA) is 86.2 Å². The van der Waals surface area contributed by atoms with E-state index < -0.39 is 21.6 Å². The molecule has 0 aliphatic heterocycles. The molecule has 2 aromatic heterocycles. The van der Waals surface area contributed by atoms with Crippen molar-refractivity contribution in [3.63, 3.8) is 0 Å². The lowest BCUT2D eigenvalue weighted by Crippen LogP contribution is -2.20. The predicted molar refractivity (Wildman–Crippen MR) is 132 cm³/mol. The van der Waals surface area contributed by atoms with Gasteiger partial charge in [-0.2, -0.15) is 0 Å². The van der Waals surface area contributed by atoms with Gasteiger partial charge in [0.15, 0.2) is 0 Å². The van der Waals surface area contributed by atoms with Crippen LogP contribution in [0.4, 0.5) is 0 Å². The number of hydrogen-bond donors (Lipinski definition) is 0. The lowest BCUT2D eigenvalue weighted by molar-refractivity contribution is 0.272. The van der Waals surface area contributed by atoms with Crippen molar-refractivity contribution in [2.45, 2.75) is 79.1 Å². The van der Waals surface area contributed by atoms with E-state index >= 15 is 0 Å². The van der Waals surface area contributed by atoms with E-state index in [2.05, 4.69) is 44.9 Å². The molecule has 3 unspecified atom stereocenters. The summed E-state index contributed by atoms with van der Waals surface area (Å²) in [6.45, 7) is 11.1. The maximum atomic E-state index is 12.4. The molecule has 0 saturated carbocycles. The van der Waals surface area contributed by atoms with Crippen LogP contribution in [0.15, 0.2) is 34.0 Å². The molecule has 0 aliphatic carbocycles. The summed E-state index contributed by atoms with van der Waals surface area (Å²) in [4.78, 5) is 0. The van der Waals surface area contributed by atoms with E-state index in [1.807, 2.05) is 0 Å².